The maximum Gasteiger partial charge on any atom is 0.411 e. The monoisotopic (exact) mass is 782 g/mol. The highest BCUT2D eigenvalue weighted by Gasteiger charge is 2.08. The van der Waals surface area contributed by atoms with Gasteiger partial charge in [-0.3, -0.25) is 10.6 Å². The number of aryl methyl sites for hydroxylation is 1. The molecule has 0 spiro atoms. The molecule has 0 aliphatic rings. The maximum atomic E-state index is 12.2. The molecule has 0 aliphatic carbocycles. The number of methoxy groups -OCH3 is 1. The zero-order chi connectivity index (χ0) is 41.2. The molecular formula is C49H46N6O4. The molecule has 296 valence electrons. The van der Waals surface area contributed by atoms with Crippen LogP contribution in [0.1, 0.15) is 58.7 Å². The number of anilines is 2. The first kappa shape index (κ1) is 41.3. The number of carbonyl (C=O) groups excluding carboxylic acids is 2. The molecule has 0 aromatic heterocycles. The third-order valence-electron chi connectivity index (χ3n) is 9.34. The first-order valence-corrected chi connectivity index (χ1v) is 19.5. The van der Waals surface area contributed by atoms with Crippen molar-refractivity contribution < 1.29 is 19.1 Å². The molecule has 0 aliphatic heterocycles. The smallest absolute Gasteiger partial charge is 0.411 e. The van der Waals surface area contributed by atoms with Gasteiger partial charge in [0.05, 0.1) is 36.5 Å². The summed E-state index contributed by atoms with van der Waals surface area (Å²) in [5, 5.41) is 5.52. The Bertz CT molecular complexity index is 2450. The minimum absolute atomic E-state index is 0.416. The third kappa shape index (κ3) is 13.4. The summed E-state index contributed by atoms with van der Waals surface area (Å²) < 4.78 is 9.88. The van der Waals surface area contributed by atoms with Crippen LogP contribution in [0, 0.1) is 6.92 Å². The van der Waals surface area contributed by atoms with Crippen LogP contribution in [0.25, 0.3) is 0 Å². The van der Waals surface area contributed by atoms with Crippen LogP contribution in [0.4, 0.5) is 43.7 Å². The minimum Gasteiger partial charge on any atom is -0.453 e. The first-order valence-electron chi connectivity index (χ1n) is 19.5. The SMILES string of the molecule is CCCCOC(=O)Nc1cc(Cc2ccc(N=C=Nc3ccc(Cc4ccc(N=C=Nc5ccc(Cc6ccc(NC(=O)OC)cc6)cc5)cc4)cc3)cc2)ccc1C. The number of nitrogens with one attached hydrogen (secondary N) is 2. The molecule has 59 heavy (non-hydrogen) atoms. The average Bonchev–Trinajstić information content (AvgIpc) is 3.25. The summed E-state index contributed by atoms with van der Waals surface area (Å²) in [6.07, 6.45) is 3.15. The van der Waals surface area contributed by atoms with Gasteiger partial charge in [0.1, 0.15) is 12.0 Å². The lowest BCUT2D eigenvalue weighted by Gasteiger charge is -2.11. The Hall–Kier alpha value is -7.38. The van der Waals surface area contributed by atoms with Gasteiger partial charge in [0.15, 0.2) is 0 Å². The Balaban J connectivity index is 0.951. The highest BCUT2D eigenvalue weighted by molar-refractivity contribution is 5.86. The van der Waals surface area contributed by atoms with Gasteiger partial charge in [-0.2, -0.15) is 20.0 Å². The van der Waals surface area contributed by atoms with E-state index in [9.17, 15) is 9.59 Å². The molecule has 0 heterocycles. The molecule has 10 nitrogen and oxygen atoms in total. The Morgan fingerprint density at radius 1 is 0.525 bits per heavy atom. The normalized spacial score (nSPS) is 10.4. The Kier molecular flexibility index (Phi) is 14.8. The van der Waals surface area contributed by atoms with E-state index >= 15 is 0 Å². The molecule has 0 saturated heterocycles. The van der Waals surface area contributed by atoms with Crippen molar-refractivity contribution >= 4 is 58.3 Å². The number of amides is 2. The van der Waals surface area contributed by atoms with E-state index in [-0.39, 0.29) is 0 Å². The van der Waals surface area contributed by atoms with Crippen LogP contribution < -0.4 is 10.6 Å². The summed E-state index contributed by atoms with van der Waals surface area (Å²) in [5.41, 5.74) is 12.3. The van der Waals surface area contributed by atoms with Crippen LogP contribution >= 0.6 is 0 Å². The molecular weight excluding hydrogens is 737 g/mol. The molecule has 6 aromatic carbocycles. The number of unbranched alkanes of at least 4 members (excludes halogenated alkanes) is 1. The van der Waals surface area contributed by atoms with Crippen LogP contribution in [-0.4, -0.2) is 37.9 Å². The fraction of sp³-hybridized carbons (Fsp3) is 0.184. The van der Waals surface area contributed by atoms with E-state index in [2.05, 4.69) is 84.6 Å². The van der Waals surface area contributed by atoms with Crippen LogP contribution in [0.3, 0.4) is 0 Å². The van der Waals surface area contributed by atoms with Gasteiger partial charge in [-0.05, 0) is 138 Å². The second-order valence-electron chi connectivity index (χ2n) is 13.9. The van der Waals surface area contributed by atoms with Gasteiger partial charge in [-0.25, -0.2) is 9.59 Å². The minimum atomic E-state index is -0.493. The van der Waals surface area contributed by atoms with E-state index in [0.29, 0.717) is 18.7 Å². The van der Waals surface area contributed by atoms with Gasteiger partial charge in [-0.15, -0.1) is 0 Å². The maximum absolute atomic E-state index is 12.2. The molecule has 0 bridgehead atoms. The summed E-state index contributed by atoms with van der Waals surface area (Å²) in [7, 11) is 1.34. The zero-order valence-corrected chi connectivity index (χ0v) is 33.4. The standard InChI is InChI=1S/C49H46N6O4/c1-4-5-28-59-49(57)55-47-32-41(7-6-35(47)2)31-40-14-24-45(25-15-40)53-34-52-43-20-10-37(11-21-43)29-36-8-18-42(19-9-36)50-33-51-44-22-12-38(13-23-44)30-39-16-26-46(27-17-39)54-48(56)58-3/h6-27,32H,4-5,28-31H2,1-3H3,(H,54,56)(H,55,57). The van der Waals surface area contributed by atoms with Crippen LogP contribution in [0.5, 0.6) is 0 Å². The van der Waals surface area contributed by atoms with Crippen molar-refractivity contribution in [2.24, 2.45) is 20.0 Å². The van der Waals surface area contributed by atoms with Crippen molar-refractivity contribution in [1.29, 1.82) is 0 Å². The predicted molar refractivity (Wildman–Crippen MR) is 236 cm³/mol. The van der Waals surface area contributed by atoms with E-state index in [1.807, 2.05) is 116 Å². The lowest BCUT2D eigenvalue weighted by molar-refractivity contribution is 0.160. The van der Waals surface area contributed by atoms with E-state index in [1.54, 1.807) is 0 Å². The average molecular weight is 783 g/mol. The van der Waals surface area contributed by atoms with E-state index in [4.69, 9.17) is 4.74 Å². The van der Waals surface area contributed by atoms with Crippen LogP contribution in [0.2, 0.25) is 0 Å². The summed E-state index contributed by atoms with van der Waals surface area (Å²) in [4.78, 5) is 41.1. The molecule has 0 unspecified atom stereocenters. The topological polar surface area (TPSA) is 126 Å². The number of hydrogen-bond acceptors (Lipinski definition) is 8. The summed E-state index contributed by atoms with van der Waals surface area (Å²) >= 11 is 0. The van der Waals surface area contributed by atoms with Gasteiger partial charge >= 0.3 is 12.2 Å². The largest absolute Gasteiger partial charge is 0.453 e. The van der Waals surface area contributed by atoms with Gasteiger partial charge in [0.2, 0.25) is 0 Å². The van der Waals surface area contributed by atoms with E-state index in [0.717, 1.165) is 93.1 Å². The number of hydrogen-bond donors (Lipinski definition) is 2. The fourth-order valence-electron chi connectivity index (χ4n) is 5.99. The molecule has 0 fully saturated rings. The predicted octanol–water partition coefficient (Wildman–Crippen LogP) is 12.6. The molecule has 6 aromatic rings. The Morgan fingerprint density at radius 3 is 1.32 bits per heavy atom. The lowest BCUT2D eigenvalue weighted by atomic mass is 10.0. The number of rotatable bonds is 15. The second kappa shape index (κ2) is 21.2. The fourth-order valence-corrected chi connectivity index (χ4v) is 5.99. The number of nitrogens with zero attached hydrogens (tertiary/aromatic N) is 4. The van der Waals surface area contributed by atoms with E-state index < -0.39 is 12.2 Å². The summed E-state index contributed by atoms with van der Waals surface area (Å²) in [5.74, 6) is 0. The lowest BCUT2D eigenvalue weighted by Crippen LogP contribution is -2.15. The van der Waals surface area contributed by atoms with Crippen molar-refractivity contribution in [2.45, 2.75) is 46.0 Å². The van der Waals surface area contributed by atoms with Gasteiger partial charge in [0, 0.05) is 11.4 Å². The van der Waals surface area contributed by atoms with Crippen molar-refractivity contribution in [1.82, 2.24) is 0 Å². The first-order chi connectivity index (χ1) is 28.8. The van der Waals surface area contributed by atoms with E-state index in [1.165, 1.54) is 7.11 Å². The molecule has 0 atom stereocenters. The number of carbonyl (C=O) groups is 2. The number of benzene rings is 6. The van der Waals surface area contributed by atoms with Gasteiger partial charge in [-0.1, -0.05) is 86.1 Å². The number of ether oxygens (including phenoxy) is 2. The highest BCUT2D eigenvalue weighted by atomic mass is 16.5. The van der Waals surface area contributed by atoms with Gasteiger partial charge < -0.3 is 9.47 Å². The third-order valence-corrected chi connectivity index (χ3v) is 9.34. The molecule has 0 radical (unpaired) electrons. The van der Waals surface area contributed by atoms with Crippen LogP contribution in [-0.2, 0) is 28.7 Å². The molecule has 10 heteroatoms. The van der Waals surface area contributed by atoms with Crippen LogP contribution in [0.15, 0.2) is 159 Å². The molecule has 2 amide bonds. The summed E-state index contributed by atoms with van der Waals surface area (Å²) in [6, 6.07) is 51.3. The summed E-state index contributed by atoms with van der Waals surface area (Å²) in [6.45, 7) is 4.44. The Morgan fingerprint density at radius 2 is 0.915 bits per heavy atom. The van der Waals surface area contributed by atoms with Crippen molar-refractivity contribution in [2.75, 3.05) is 24.4 Å². The molecule has 0 saturated carbocycles. The quantitative estimate of drug-likeness (QED) is 0.0794. The Labute approximate surface area is 345 Å². The van der Waals surface area contributed by atoms with Gasteiger partial charge in [0.25, 0.3) is 0 Å². The second-order valence-corrected chi connectivity index (χ2v) is 13.9. The zero-order valence-electron chi connectivity index (χ0n) is 33.4. The molecule has 6 rings (SSSR count). The van der Waals surface area contributed by atoms with Crippen molar-refractivity contribution in [3.63, 3.8) is 0 Å². The van der Waals surface area contributed by atoms with Crippen molar-refractivity contribution in [3.8, 4) is 0 Å². The van der Waals surface area contributed by atoms with Crippen molar-refractivity contribution in [3.05, 3.63) is 178 Å². The highest BCUT2D eigenvalue weighted by Crippen LogP contribution is 2.23. The number of aliphatic imine (C=N–C) groups is 4. The molecule has 2 N–H and O–H groups in total.